The summed E-state index contributed by atoms with van der Waals surface area (Å²) in [5, 5.41) is 11.9. The van der Waals surface area contributed by atoms with E-state index in [9.17, 15) is 4.79 Å². The minimum absolute atomic E-state index is 0.0459. The van der Waals surface area contributed by atoms with Crippen LogP contribution in [0.15, 0.2) is 0 Å². The highest BCUT2D eigenvalue weighted by atomic mass is 16.2. The van der Waals surface area contributed by atoms with Crippen LogP contribution in [0.25, 0.3) is 0 Å². The molecule has 2 heterocycles. The quantitative estimate of drug-likeness (QED) is 0.799. The molecule has 1 N–H and O–H groups in total. The highest BCUT2D eigenvalue weighted by Crippen LogP contribution is 2.21. The van der Waals surface area contributed by atoms with Crippen molar-refractivity contribution in [2.75, 3.05) is 26.2 Å². The first kappa shape index (κ1) is 17.9. The Kier molecular flexibility index (Phi) is 7.02. The Morgan fingerprint density at radius 3 is 2.39 bits per heavy atom. The van der Waals surface area contributed by atoms with Crippen LogP contribution in [0.3, 0.4) is 0 Å². The van der Waals surface area contributed by atoms with Gasteiger partial charge in [0.15, 0.2) is 5.69 Å². The van der Waals surface area contributed by atoms with Gasteiger partial charge in [-0.25, -0.2) is 4.68 Å². The molecule has 1 aromatic heterocycles. The first-order valence-electron chi connectivity index (χ1n) is 9.10. The molecule has 6 nitrogen and oxygen atoms in total. The number of aromatic nitrogens is 3. The van der Waals surface area contributed by atoms with Crippen LogP contribution in [0.5, 0.6) is 0 Å². The average Bonchev–Trinajstić information content (AvgIpc) is 2.97. The molecule has 2 rings (SSSR count). The number of hydrogen-bond donors (Lipinski definition) is 1. The maximum absolute atomic E-state index is 12.9. The van der Waals surface area contributed by atoms with Gasteiger partial charge in [0, 0.05) is 13.1 Å². The number of piperidine rings is 1. The third kappa shape index (κ3) is 4.53. The number of carbonyl (C=O) groups excluding carboxylic acids is 1. The van der Waals surface area contributed by atoms with E-state index < -0.39 is 0 Å². The number of amides is 1. The van der Waals surface area contributed by atoms with Crippen molar-refractivity contribution < 1.29 is 4.79 Å². The van der Waals surface area contributed by atoms with Gasteiger partial charge in [-0.05, 0) is 45.7 Å². The molecule has 0 aliphatic carbocycles. The number of nitrogens with one attached hydrogen (secondary N) is 1. The number of nitrogens with zero attached hydrogens (tertiary/aromatic N) is 4. The van der Waals surface area contributed by atoms with Crippen LogP contribution in [0, 0.1) is 6.92 Å². The van der Waals surface area contributed by atoms with Crippen molar-refractivity contribution in [3.63, 3.8) is 0 Å². The average molecular weight is 321 g/mol. The Bertz CT molecular complexity index is 485. The largest absolute Gasteiger partial charge is 0.337 e. The van der Waals surface area contributed by atoms with Crippen molar-refractivity contribution in [2.45, 2.75) is 65.3 Å². The molecule has 6 heteroatoms. The molecule has 23 heavy (non-hydrogen) atoms. The molecule has 1 aliphatic rings. The fraction of sp³-hybridized carbons (Fsp3) is 0.824. The van der Waals surface area contributed by atoms with Crippen molar-refractivity contribution in [2.24, 2.45) is 0 Å². The van der Waals surface area contributed by atoms with Gasteiger partial charge in [-0.1, -0.05) is 31.9 Å². The van der Waals surface area contributed by atoms with E-state index in [1.54, 1.807) is 0 Å². The molecule has 0 aromatic carbocycles. The van der Waals surface area contributed by atoms with Crippen LogP contribution >= 0.6 is 0 Å². The van der Waals surface area contributed by atoms with Crippen molar-refractivity contribution >= 4 is 5.91 Å². The zero-order chi connectivity index (χ0) is 16.7. The van der Waals surface area contributed by atoms with Crippen LogP contribution in [0.2, 0.25) is 0 Å². The molecule has 0 spiro atoms. The predicted molar refractivity (Wildman–Crippen MR) is 91.6 cm³/mol. The first-order chi connectivity index (χ1) is 11.2. The molecule has 130 valence electrons. The van der Waals surface area contributed by atoms with Gasteiger partial charge < -0.3 is 10.2 Å². The Balaban J connectivity index is 2.11. The highest BCUT2D eigenvalue weighted by Gasteiger charge is 2.25. The molecular weight excluding hydrogens is 290 g/mol. The lowest BCUT2D eigenvalue weighted by Gasteiger charge is -2.24. The van der Waals surface area contributed by atoms with E-state index in [4.69, 9.17) is 0 Å². The smallest absolute Gasteiger partial charge is 0.276 e. The van der Waals surface area contributed by atoms with Gasteiger partial charge >= 0.3 is 0 Å². The van der Waals surface area contributed by atoms with E-state index in [2.05, 4.69) is 29.5 Å². The fourth-order valence-corrected chi connectivity index (χ4v) is 3.10. The second-order valence-electron chi connectivity index (χ2n) is 6.45. The fourth-order valence-electron chi connectivity index (χ4n) is 3.10. The molecule has 0 atom stereocenters. The second kappa shape index (κ2) is 9.01. The highest BCUT2D eigenvalue weighted by molar-refractivity contribution is 5.93. The lowest BCUT2D eigenvalue weighted by atomic mass is 10.1. The third-order valence-corrected chi connectivity index (χ3v) is 4.63. The standard InChI is InChI=1S/C17H31N5O/c1-4-6-12-21(13-7-5-2)17(23)16-14(3)22(20-19-16)15-8-10-18-11-9-15/h15,18H,4-13H2,1-3H3. The lowest BCUT2D eigenvalue weighted by Crippen LogP contribution is -2.34. The maximum Gasteiger partial charge on any atom is 0.276 e. The Hall–Kier alpha value is -1.43. The maximum atomic E-state index is 12.9. The number of unbranched alkanes of at least 4 members (excludes halogenated alkanes) is 2. The number of rotatable bonds is 8. The molecule has 1 aromatic rings. The summed E-state index contributed by atoms with van der Waals surface area (Å²) in [6.45, 7) is 9.93. The van der Waals surface area contributed by atoms with Crippen molar-refractivity contribution in [1.82, 2.24) is 25.2 Å². The molecule has 1 aliphatic heterocycles. The number of hydrogen-bond acceptors (Lipinski definition) is 4. The van der Waals surface area contributed by atoms with Crippen LogP contribution in [-0.4, -0.2) is 52.0 Å². The summed E-state index contributed by atoms with van der Waals surface area (Å²) in [4.78, 5) is 14.8. The van der Waals surface area contributed by atoms with Gasteiger partial charge in [0.25, 0.3) is 5.91 Å². The molecule has 0 radical (unpaired) electrons. The zero-order valence-electron chi connectivity index (χ0n) is 14.8. The summed E-state index contributed by atoms with van der Waals surface area (Å²) < 4.78 is 1.96. The van der Waals surface area contributed by atoms with Crippen LogP contribution in [0.4, 0.5) is 0 Å². The van der Waals surface area contributed by atoms with Crippen LogP contribution in [-0.2, 0) is 0 Å². The molecule has 1 saturated heterocycles. The zero-order valence-corrected chi connectivity index (χ0v) is 14.8. The third-order valence-electron chi connectivity index (χ3n) is 4.63. The van der Waals surface area contributed by atoms with Gasteiger partial charge in [0.05, 0.1) is 11.7 Å². The normalized spacial score (nSPS) is 15.8. The van der Waals surface area contributed by atoms with Gasteiger partial charge in [0.2, 0.25) is 0 Å². The molecule has 0 bridgehead atoms. The Morgan fingerprint density at radius 2 is 1.83 bits per heavy atom. The molecular formula is C17H31N5O. The minimum atomic E-state index is 0.0459. The lowest BCUT2D eigenvalue weighted by molar-refractivity contribution is 0.0744. The van der Waals surface area contributed by atoms with E-state index in [-0.39, 0.29) is 5.91 Å². The SMILES string of the molecule is CCCCN(CCCC)C(=O)c1nnn(C2CCNCC2)c1C. The van der Waals surface area contributed by atoms with Crippen molar-refractivity contribution in [3.8, 4) is 0 Å². The topological polar surface area (TPSA) is 63.1 Å². The molecule has 1 fully saturated rings. The summed E-state index contributed by atoms with van der Waals surface area (Å²) >= 11 is 0. The molecule has 0 saturated carbocycles. The van der Waals surface area contributed by atoms with Gasteiger partial charge in [-0.3, -0.25) is 4.79 Å². The summed E-state index contributed by atoms with van der Waals surface area (Å²) in [5.74, 6) is 0.0459. The Morgan fingerprint density at radius 1 is 1.22 bits per heavy atom. The van der Waals surface area contributed by atoms with Crippen molar-refractivity contribution in [1.29, 1.82) is 0 Å². The summed E-state index contributed by atoms with van der Waals surface area (Å²) in [6.07, 6.45) is 6.36. The molecule has 0 unspecified atom stereocenters. The van der Waals surface area contributed by atoms with Gasteiger partial charge in [-0.2, -0.15) is 0 Å². The minimum Gasteiger partial charge on any atom is -0.337 e. The van der Waals surface area contributed by atoms with Crippen molar-refractivity contribution in [3.05, 3.63) is 11.4 Å². The van der Waals surface area contributed by atoms with E-state index in [0.717, 1.165) is 70.4 Å². The molecule has 1 amide bonds. The summed E-state index contributed by atoms with van der Waals surface area (Å²) in [5.41, 5.74) is 1.45. The monoisotopic (exact) mass is 321 g/mol. The second-order valence-corrected chi connectivity index (χ2v) is 6.45. The van der Waals surface area contributed by atoms with Crippen LogP contribution < -0.4 is 5.32 Å². The van der Waals surface area contributed by atoms with Gasteiger partial charge in [-0.15, -0.1) is 5.10 Å². The summed E-state index contributed by atoms with van der Waals surface area (Å²) in [6, 6.07) is 0.366. The van der Waals surface area contributed by atoms with E-state index in [1.165, 1.54) is 0 Å². The summed E-state index contributed by atoms with van der Waals surface area (Å²) in [7, 11) is 0. The van der Waals surface area contributed by atoms with E-state index >= 15 is 0 Å². The van der Waals surface area contributed by atoms with E-state index in [1.807, 2.05) is 16.5 Å². The van der Waals surface area contributed by atoms with Crippen LogP contribution in [0.1, 0.15) is 74.6 Å². The Labute approximate surface area is 139 Å². The van der Waals surface area contributed by atoms with Gasteiger partial charge in [0.1, 0.15) is 0 Å². The predicted octanol–water partition coefficient (Wildman–Crippen LogP) is 2.55. The number of carbonyl (C=O) groups is 1. The first-order valence-corrected chi connectivity index (χ1v) is 9.10. The van der Waals surface area contributed by atoms with E-state index in [0.29, 0.717) is 11.7 Å².